The second-order valence-corrected chi connectivity index (χ2v) is 4.61. The molecule has 0 bridgehead atoms. The summed E-state index contributed by atoms with van der Waals surface area (Å²) in [5.74, 6) is 0. The van der Waals surface area contributed by atoms with Crippen LogP contribution in [-0.2, 0) is 0 Å². The predicted molar refractivity (Wildman–Crippen MR) is 75.6 cm³/mol. The lowest BCUT2D eigenvalue weighted by molar-refractivity contribution is -0.383. The van der Waals surface area contributed by atoms with Gasteiger partial charge in [0, 0.05) is 30.1 Å². The SMILES string of the molecule is Cc1ccc([N+](=O)[O-])c2cc(C3=CCCN=C3)[nH]c12. The van der Waals surface area contributed by atoms with E-state index in [9.17, 15) is 10.1 Å². The molecule has 2 heterocycles. The van der Waals surface area contributed by atoms with Gasteiger partial charge in [-0.2, -0.15) is 0 Å². The minimum atomic E-state index is -0.345. The Kier molecular flexibility index (Phi) is 2.67. The number of nitrogens with zero attached hydrogens (tertiary/aromatic N) is 2. The summed E-state index contributed by atoms with van der Waals surface area (Å²) in [7, 11) is 0. The Morgan fingerprint density at radius 2 is 2.26 bits per heavy atom. The van der Waals surface area contributed by atoms with E-state index in [0.29, 0.717) is 5.39 Å². The van der Waals surface area contributed by atoms with E-state index in [1.54, 1.807) is 12.1 Å². The number of hydrogen-bond acceptors (Lipinski definition) is 3. The first-order valence-corrected chi connectivity index (χ1v) is 6.14. The van der Waals surface area contributed by atoms with E-state index in [0.717, 1.165) is 35.3 Å². The van der Waals surface area contributed by atoms with Gasteiger partial charge in [-0.25, -0.2) is 0 Å². The number of rotatable bonds is 2. The molecule has 0 fully saturated rings. The van der Waals surface area contributed by atoms with Gasteiger partial charge in [0.15, 0.2) is 0 Å². The van der Waals surface area contributed by atoms with Gasteiger partial charge < -0.3 is 4.98 Å². The number of benzene rings is 1. The molecule has 0 spiro atoms. The van der Waals surface area contributed by atoms with Gasteiger partial charge in [-0.15, -0.1) is 0 Å². The van der Waals surface area contributed by atoms with Crippen LogP contribution < -0.4 is 0 Å². The van der Waals surface area contributed by atoms with E-state index in [1.165, 1.54) is 0 Å². The van der Waals surface area contributed by atoms with Crippen LogP contribution in [-0.4, -0.2) is 22.7 Å². The third-order valence-corrected chi connectivity index (χ3v) is 3.34. The highest BCUT2D eigenvalue weighted by molar-refractivity contribution is 6.11. The van der Waals surface area contributed by atoms with Crippen molar-refractivity contribution in [2.45, 2.75) is 13.3 Å². The predicted octanol–water partition coefficient (Wildman–Crippen LogP) is 3.24. The normalized spacial score (nSPS) is 14.7. The van der Waals surface area contributed by atoms with Gasteiger partial charge in [0.2, 0.25) is 0 Å². The number of aryl methyl sites for hydroxylation is 1. The molecular formula is C14H13N3O2. The first-order chi connectivity index (χ1) is 9.16. The standard InChI is InChI=1S/C14H13N3O2/c1-9-4-5-13(17(18)19)11-7-12(16-14(9)11)10-3-2-6-15-8-10/h3-5,7-8,16H,2,6H2,1H3. The van der Waals surface area contributed by atoms with Crippen LogP contribution in [0.4, 0.5) is 5.69 Å². The Balaban J connectivity index is 2.22. The van der Waals surface area contributed by atoms with Crippen LogP contribution in [0.1, 0.15) is 17.7 Å². The van der Waals surface area contributed by atoms with Crippen molar-refractivity contribution in [2.24, 2.45) is 4.99 Å². The smallest absolute Gasteiger partial charge is 0.278 e. The monoisotopic (exact) mass is 255 g/mol. The third-order valence-electron chi connectivity index (χ3n) is 3.34. The molecule has 0 amide bonds. The number of nitro groups is 1. The Morgan fingerprint density at radius 1 is 1.42 bits per heavy atom. The first kappa shape index (κ1) is 11.6. The van der Waals surface area contributed by atoms with Crippen LogP contribution in [0.15, 0.2) is 29.3 Å². The number of nitro benzene ring substituents is 1. The summed E-state index contributed by atoms with van der Waals surface area (Å²) < 4.78 is 0. The van der Waals surface area contributed by atoms with Crippen LogP contribution in [0, 0.1) is 17.0 Å². The molecule has 0 radical (unpaired) electrons. The molecule has 2 aromatic rings. The molecule has 1 aromatic carbocycles. The Bertz CT molecular complexity index is 726. The Labute approximate surface area is 109 Å². The number of allylic oxidation sites excluding steroid dienone is 1. The summed E-state index contributed by atoms with van der Waals surface area (Å²) in [4.78, 5) is 18.2. The quantitative estimate of drug-likeness (QED) is 0.661. The van der Waals surface area contributed by atoms with Gasteiger partial charge in [0.1, 0.15) is 0 Å². The van der Waals surface area contributed by atoms with Gasteiger partial charge in [-0.05, 0) is 25.0 Å². The summed E-state index contributed by atoms with van der Waals surface area (Å²) in [6.45, 7) is 2.75. The van der Waals surface area contributed by atoms with E-state index in [-0.39, 0.29) is 10.6 Å². The molecule has 3 rings (SSSR count). The number of non-ortho nitro benzene ring substituents is 1. The number of hydrogen-bond donors (Lipinski definition) is 1. The topological polar surface area (TPSA) is 71.3 Å². The van der Waals surface area contributed by atoms with Crippen molar-refractivity contribution in [3.8, 4) is 0 Å². The fraction of sp³-hybridized carbons (Fsp3) is 0.214. The average molecular weight is 255 g/mol. The molecule has 5 heteroatoms. The summed E-state index contributed by atoms with van der Waals surface area (Å²) in [6, 6.07) is 5.16. The number of fused-ring (bicyclic) bond motifs is 1. The zero-order valence-corrected chi connectivity index (χ0v) is 10.5. The lowest BCUT2D eigenvalue weighted by atomic mass is 10.1. The molecule has 1 aliphatic rings. The summed E-state index contributed by atoms with van der Waals surface area (Å²) in [5.41, 5.74) is 3.84. The fourth-order valence-electron chi connectivity index (χ4n) is 2.35. The van der Waals surface area contributed by atoms with Crippen molar-refractivity contribution < 1.29 is 4.92 Å². The highest BCUT2D eigenvalue weighted by Gasteiger charge is 2.16. The van der Waals surface area contributed by atoms with Gasteiger partial charge in [0.25, 0.3) is 5.69 Å². The zero-order valence-electron chi connectivity index (χ0n) is 10.5. The highest BCUT2D eigenvalue weighted by Crippen LogP contribution is 2.31. The van der Waals surface area contributed by atoms with Crippen molar-refractivity contribution in [2.75, 3.05) is 6.54 Å². The summed E-state index contributed by atoms with van der Waals surface area (Å²) in [5, 5.41) is 11.7. The molecule has 96 valence electrons. The molecule has 5 nitrogen and oxygen atoms in total. The van der Waals surface area contributed by atoms with Crippen LogP contribution in [0.5, 0.6) is 0 Å². The third kappa shape index (κ3) is 1.93. The number of aromatic amines is 1. The van der Waals surface area contributed by atoms with Crippen LogP contribution in [0.25, 0.3) is 16.5 Å². The van der Waals surface area contributed by atoms with Crippen LogP contribution >= 0.6 is 0 Å². The van der Waals surface area contributed by atoms with E-state index < -0.39 is 0 Å². The van der Waals surface area contributed by atoms with E-state index in [4.69, 9.17) is 0 Å². The second-order valence-electron chi connectivity index (χ2n) is 4.61. The van der Waals surface area contributed by atoms with Crippen LogP contribution in [0.2, 0.25) is 0 Å². The lowest BCUT2D eigenvalue weighted by Gasteiger charge is -2.03. The van der Waals surface area contributed by atoms with Crippen molar-refractivity contribution >= 4 is 28.4 Å². The van der Waals surface area contributed by atoms with Gasteiger partial charge in [0.05, 0.1) is 15.8 Å². The average Bonchev–Trinajstić information content (AvgIpc) is 2.85. The Morgan fingerprint density at radius 3 is 2.95 bits per heavy atom. The molecule has 0 saturated carbocycles. The molecule has 19 heavy (non-hydrogen) atoms. The molecule has 1 aromatic heterocycles. The molecular weight excluding hydrogens is 242 g/mol. The maximum absolute atomic E-state index is 11.1. The second kappa shape index (κ2) is 4.35. The minimum Gasteiger partial charge on any atom is -0.354 e. The zero-order chi connectivity index (χ0) is 13.4. The highest BCUT2D eigenvalue weighted by atomic mass is 16.6. The molecule has 0 unspecified atom stereocenters. The molecule has 0 aliphatic carbocycles. The van der Waals surface area contributed by atoms with E-state index >= 15 is 0 Å². The maximum atomic E-state index is 11.1. The largest absolute Gasteiger partial charge is 0.354 e. The molecule has 1 aliphatic heterocycles. The van der Waals surface area contributed by atoms with Gasteiger partial charge in [-0.1, -0.05) is 12.1 Å². The molecule has 1 N–H and O–H groups in total. The number of H-pyrrole nitrogens is 1. The van der Waals surface area contributed by atoms with Crippen molar-refractivity contribution in [1.29, 1.82) is 0 Å². The first-order valence-electron chi connectivity index (χ1n) is 6.14. The van der Waals surface area contributed by atoms with Gasteiger partial charge >= 0.3 is 0 Å². The van der Waals surface area contributed by atoms with Gasteiger partial charge in [-0.3, -0.25) is 15.1 Å². The van der Waals surface area contributed by atoms with Crippen molar-refractivity contribution in [1.82, 2.24) is 4.98 Å². The van der Waals surface area contributed by atoms with Crippen molar-refractivity contribution in [3.05, 3.63) is 45.6 Å². The Hall–Kier alpha value is -2.43. The van der Waals surface area contributed by atoms with Crippen molar-refractivity contribution in [3.63, 3.8) is 0 Å². The number of aliphatic imine (C=N–C) groups is 1. The molecule has 0 atom stereocenters. The fourth-order valence-corrected chi connectivity index (χ4v) is 2.35. The number of dihydropyridines is 1. The van der Waals surface area contributed by atoms with E-state index in [2.05, 4.69) is 16.1 Å². The van der Waals surface area contributed by atoms with E-state index in [1.807, 2.05) is 19.2 Å². The maximum Gasteiger partial charge on any atom is 0.278 e. The lowest BCUT2D eigenvalue weighted by Crippen LogP contribution is -1.94. The minimum absolute atomic E-state index is 0.136. The summed E-state index contributed by atoms with van der Waals surface area (Å²) >= 11 is 0. The number of nitrogens with one attached hydrogen (secondary N) is 1. The summed E-state index contributed by atoms with van der Waals surface area (Å²) in [6.07, 6.45) is 4.82. The van der Waals surface area contributed by atoms with Crippen LogP contribution in [0.3, 0.4) is 0 Å². The molecule has 0 saturated heterocycles. The number of aromatic nitrogens is 1.